The fourth-order valence-electron chi connectivity index (χ4n) is 2.38. The topological polar surface area (TPSA) is 88.2 Å². The van der Waals surface area contributed by atoms with Crippen LogP contribution in [0.15, 0.2) is 24.3 Å². The lowest BCUT2D eigenvalue weighted by molar-refractivity contribution is -0.129. The molecular formula is C14H15N3O5. The first kappa shape index (κ1) is 14.2. The number of ether oxygens (including phenoxy) is 2. The maximum absolute atomic E-state index is 12.0. The van der Waals surface area contributed by atoms with Gasteiger partial charge < -0.3 is 19.7 Å². The molecule has 8 heteroatoms. The second-order valence-electron chi connectivity index (χ2n) is 5.04. The molecule has 1 aromatic rings. The minimum absolute atomic E-state index is 0.215. The molecular weight excluding hydrogens is 290 g/mol. The summed E-state index contributed by atoms with van der Waals surface area (Å²) in [6.07, 6.45) is -0.634. The Morgan fingerprint density at radius 1 is 1.27 bits per heavy atom. The number of urea groups is 1. The molecule has 0 radical (unpaired) electrons. The number of carbonyl (C=O) groups excluding carboxylic acids is 3. The number of methoxy groups -OCH3 is 1. The zero-order valence-electron chi connectivity index (χ0n) is 11.9. The van der Waals surface area contributed by atoms with Gasteiger partial charge in [-0.05, 0) is 24.3 Å². The summed E-state index contributed by atoms with van der Waals surface area (Å²) in [6, 6.07) is 6.37. The highest BCUT2D eigenvalue weighted by Crippen LogP contribution is 2.21. The number of amides is 4. The van der Waals surface area contributed by atoms with Crippen LogP contribution in [-0.2, 0) is 9.53 Å². The van der Waals surface area contributed by atoms with Gasteiger partial charge in [-0.1, -0.05) is 0 Å². The molecule has 1 aromatic carbocycles. The van der Waals surface area contributed by atoms with E-state index in [0.29, 0.717) is 24.5 Å². The molecule has 22 heavy (non-hydrogen) atoms. The Morgan fingerprint density at radius 2 is 1.95 bits per heavy atom. The quantitative estimate of drug-likeness (QED) is 0.896. The number of imide groups is 1. The molecule has 2 saturated heterocycles. The predicted octanol–water partition coefficient (Wildman–Crippen LogP) is 0.890. The fraction of sp³-hybridized carbons (Fsp3) is 0.357. The Hall–Kier alpha value is -2.77. The van der Waals surface area contributed by atoms with Crippen molar-refractivity contribution in [3.8, 4) is 5.75 Å². The lowest BCUT2D eigenvalue weighted by Gasteiger charge is -2.41. The Kier molecular flexibility index (Phi) is 3.58. The number of rotatable bonds is 3. The maximum atomic E-state index is 12.0. The van der Waals surface area contributed by atoms with Crippen molar-refractivity contribution in [1.82, 2.24) is 9.80 Å². The summed E-state index contributed by atoms with van der Waals surface area (Å²) in [7, 11) is 1.57. The van der Waals surface area contributed by atoms with Crippen LogP contribution in [0.3, 0.4) is 0 Å². The van der Waals surface area contributed by atoms with Crippen molar-refractivity contribution in [3.05, 3.63) is 24.3 Å². The lowest BCUT2D eigenvalue weighted by atomic mass is 10.1. The average molecular weight is 305 g/mol. The molecule has 0 saturated carbocycles. The molecule has 1 N–H and O–H groups in total. The van der Waals surface area contributed by atoms with E-state index in [0.717, 1.165) is 4.90 Å². The SMILES string of the molecule is COc1ccc(NC(=O)N2CC(N3C(=O)COC3=O)C2)cc1. The highest BCUT2D eigenvalue weighted by Gasteiger charge is 2.44. The summed E-state index contributed by atoms with van der Waals surface area (Å²) < 4.78 is 9.70. The standard InChI is InChI=1S/C14H15N3O5/c1-21-11-4-2-9(3-5-11)15-13(19)16-6-10(7-16)17-12(18)8-22-14(17)20/h2-5,10H,6-8H2,1H3,(H,15,19). The summed E-state index contributed by atoms with van der Waals surface area (Å²) in [4.78, 5) is 37.5. The average Bonchev–Trinajstić information content (AvgIpc) is 2.79. The van der Waals surface area contributed by atoms with Crippen LogP contribution in [0.25, 0.3) is 0 Å². The number of carbonyl (C=O) groups is 3. The van der Waals surface area contributed by atoms with Crippen molar-refractivity contribution in [2.75, 3.05) is 32.1 Å². The molecule has 2 fully saturated rings. The Bertz CT molecular complexity index is 593. The lowest BCUT2D eigenvalue weighted by Crippen LogP contribution is -2.63. The minimum Gasteiger partial charge on any atom is -0.497 e. The van der Waals surface area contributed by atoms with Crippen LogP contribution in [0.5, 0.6) is 5.75 Å². The zero-order valence-corrected chi connectivity index (χ0v) is 11.9. The second-order valence-corrected chi connectivity index (χ2v) is 5.04. The molecule has 0 unspecified atom stereocenters. The third-order valence-electron chi connectivity index (χ3n) is 3.64. The van der Waals surface area contributed by atoms with Crippen molar-refractivity contribution >= 4 is 23.7 Å². The summed E-state index contributed by atoms with van der Waals surface area (Å²) in [5.74, 6) is 0.346. The van der Waals surface area contributed by atoms with E-state index < -0.39 is 6.09 Å². The van der Waals surface area contributed by atoms with E-state index in [-0.39, 0.29) is 24.6 Å². The van der Waals surface area contributed by atoms with E-state index in [4.69, 9.17) is 4.74 Å². The van der Waals surface area contributed by atoms with Crippen LogP contribution in [0, 0.1) is 0 Å². The van der Waals surface area contributed by atoms with Gasteiger partial charge in [-0.15, -0.1) is 0 Å². The molecule has 2 aliphatic rings. The number of hydrogen-bond acceptors (Lipinski definition) is 5. The third kappa shape index (κ3) is 2.54. The number of likely N-dealkylation sites (tertiary alicyclic amines) is 1. The Labute approximate surface area is 126 Å². The van der Waals surface area contributed by atoms with Crippen LogP contribution in [0.2, 0.25) is 0 Å². The van der Waals surface area contributed by atoms with Gasteiger partial charge in [-0.2, -0.15) is 0 Å². The van der Waals surface area contributed by atoms with Crippen LogP contribution in [0.4, 0.5) is 15.3 Å². The van der Waals surface area contributed by atoms with Gasteiger partial charge >= 0.3 is 12.1 Å². The van der Waals surface area contributed by atoms with Gasteiger partial charge in [-0.3, -0.25) is 4.79 Å². The van der Waals surface area contributed by atoms with Crippen LogP contribution in [0.1, 0.15) is 0 Å². The van der Waals surface area contributed by atoms with Crippen molar-refractivity contribution in [2.45, 2.75) is 6.04 Å². The largest absolute Gasteiger partial charge is 0.497 e. The molecule has 0 bridgehead atoms. The number of hydrogen-bond donors (Lipinski definition) is 1. The highest BCUT2D eigenvalue weighted by molar-refractivity contribution is 5.98. The number of nitrogens with one attached hydrogen (secondary N) is 1. The van der Waals surface area contributed by atoms with Crippen LogP contribution in [-0.4, -0.2) is 60.7 Å². The molecule has 116 valence electrons. The fourth-order valence-corrected chi connectivity index (χ4v) is 2.38. The van der Waals surface area contributed by atoms with Crippen LogP contribution < -0.4 is 10.1 Å². The molecule has 0 aliphatic carbocycles. The van der Waals surface area contributed by atoms with E-state index in [1.807, 2.05) is 0 Å². The zero-order chi connectivity index (χ0) is 15.7. The number of nitrogens with zero attached hydrogens (tertiary/aromatic N) is 2. The first-order chi connectivity index (χ1) is 10.6. The normalized spacial score (nSPS) is 18.0. The highest BCUT2D eigenvalue weighted by atomic mass is 16.6. The van der Waals surface area contributed by atoms with E-state index >= 15 is 0 Å². The molecule has 2 heterocycles. The molecule has 0 aromatic heterocycles. The number of benzene rings is 1. The number of cyclic esters (lactones) is 1. The first-order valence-corrected chi connectivity index (χ1v) is 6.77. The van der Waals surface area contributed by atoms with Gasteiger partial charge in [0.2, 0.25) is 0 Å². The van der Waals surface area contributed by atoms with Gasteiger partial charge in [0.25, 0.3) is 5.91 Å². The maximum Gasteiger partial charge on any atom is 0.417 e. The molecule has 2 aliphatic heterocycles. The second kappa shape index (κ2) is 5.55. The first-order valence-electron chi connectivity index (χ1n) is 6.77. The van der Waals surface area contributed by atoms with Crippen LogP contribution >= 0.6 is 0 Å². The van der Waals surface area contributed by atoms with E-state index in [1.165, 1.54) is 4.90 Å². The van der Waals surface area contributed by atoms with Crippen molar-refractivity contribution in [2.24, 2.45) is 0 Å². The number of anilines is 1. The monoisotopic (exact) mass is 305 g/mol. The summed E-state index contributed by atoms with van der Waals surface area (Å²) in [5.41, 5.74) is 0.644. The van der Waals surface area contributed by atoms with Gasteiger partial charge in [-0.25, -0.2) is 14.5 Å². The molecule has 3 rings (SSSR count). The smallest absolute Gasteiger partial charge is 0.417 e. The minimum atomic E-state index is -0.634. The summed E-state index contributed by atoms with van der Waals surface area (Å²) >= 11 is 0. The Balaban J connectivity index is 1.52. The molecule has 8 nitrogen and oxygen atoms in total. The third-order valence-corrected chi connectivity index (χ3v) is 3.64. The van der Waals surface area contributed by atoms with Crippen molar-refractivity contribution < 1.29 is 23.9 Å². The van der Waals surface area contributed by atoms with Gasteiger partial charge in [0.05, 0.1) is 13.2 Å². The molecule has 0 spiro atoms. The van der Waals surface area contributed by atoms with Crippen molar-refractivity contribution in [1.29, 1.82) is 0 Å². The molecule has 0 atom stereocenters. The van der Waals surface area contributed by atoms with E-state index in [9.17, 15) is 14.4 Å². The van der Waals surface area contributed by atoms with Gasteiger partial charge in [0, 0.05) is 18.8 Å². The summed E-state index contributed by atoms with van der Waals surface area (Å²) in [6.45, 7) is 0.402. The van der Waals surface area contributed by atoms with Crippen molar-refractivity contribution in [3.63, 3.8) is 0 Å². The van der Waals surface area contributed by atoms with E-state index in [2.05, 4.69) is 10.1 Å². The van der Waals surface area contributed by atoms with E-state index in [1.54, 1.807) is 31.4 Å². The van der Waals surface area contributed by atoms with Gasteiger partial charge in [0.15, 0.2) is 6.61 Å². The molecule has 4 amide bonds. The van der Waals surface area contributed by atoms with Gasteiger partial charge in [0.1, 0.15) is 5.75 Å². The predicted molar refractivity (Wildman–Crippen MR) is 75.6 cm³/mol. The Morgan fingerprint density at radius 3 is 2.50 bits per heavy atom. The summed E-state index contributed by atoms with van der Waals surface area (Å²) in [5, 5.41) is 2.74.